The van der Waals surface area contributed by atoms with Crippen molar-refractivity contribution in [2.24, 2.45) is 5.92 Å². The van der Waals surface area contributed by atoms with Crippen molar-refractivity contribution < 1.29 is 18.0 Å². The van der Waals surface area contributed by atoms with E-state index in [9.17, 15) is 18.0 Å². The number of nitrogens with zero attached hydrogens (tertiary/aromatic N) is 1. The van der Waals surface area contributed by atoms with E-state index in [2.05, 4.69) is 0 Å². The average Bonchev–Trinajstić information content (AvgIpc) is 2.03. The van der Waals surface area contributed by atoms with Crippen LogP contribution in [-0.4, -0.2) is 30.6 Å². The maximum absolute atomic E-state index is 12.0. The minimum atomic E-state index is -4.23. The zero-order valence-electron chi connectivity index (χ0n) is 6.47. The molecule has 0 N–H and O–H groups in total. The van der Waals surface area contributed by atoms with Crippen molar-refractivity contribution >= 4 is 6.29 Å². The predicted octanol–water partition coefficient (Wildman–Crippen LogP) is 1.42. The Morgan fingerprint density at radius 1 is 1.25 bits per heavy atom. The highest BCUT2D eigenvalue weighted by molar-refractivity contribution is 5.53. The molecule has 0 aromatic rings. The smallest absolute Gasteiger partial charge is 0.303 e. The fourth-order valence-corrected chi connectivity index (χ4v) is 1.29. The Labute approximate surface area is 68.3 Å². The summed E-state index contributed by atoms with van der Waals surface area (Å²) in [7, 11) is 0. The fourth-order valence-electron chi connectivity index (χ4n) is 1.29. The third-order valence-electron chi connectivity index (χ3n) is 2.09. The number of halogens is 3. The summed E-state index contributed by atoms with van der Waals surface area (Å²) in [4.78, 5) is 10.7. The largest absolute Gasteiger partial charge is 0.459 e. The molecule has 2 nitrogen and oxygen atoms in total. The van der Waals surface area contributed by atoms with Crippen LogP contribution in [0.5, 0.6) is 0 Å². The van der Waals surface area contributed by atoms with Crippen molar-refractivity contribution in [3.05, 3.63) is 0 Å². The van der Waals surface area contributed by atoms with Gasteiger partial charge in [-0.15, -0.1) is 0 Å². The molecule has 0 aliphatic carbocycles. The zero-order chi connectivity index (χ0) is 9.19. The maximum atomic E-state index is 12.0. The van der Waals surface area contributed by atoms with Crippen LogP contribution in [0.2, 0.25) is 0 Å². The molecule has 0 radical (unpaired) electrons. The van der Waals surface area contributed by atoms with E-state index in [0.29, 0.717) is 17.7 Å². The van der Waals surface area contributed by atoms with E-state index in [0.717, 1.165) is 6.29 Å². The molecule has 1 saturated heterocycles. The molecular weight excluding hydrogens is 171 g/mol. The lowest BCUT2D eigenvalue weighted by Crippen LogP contribution is -2.43. The first kappa shape index (κ1) is 9.51. The molecule has 0 aromatic heterocycles. The second-order valence-electron chi connectivity index (χ2n) is 2.93. The number of hydrogen-bond acceptors (Lipinski definition) is 2. The topological polar surface area (TPSA) is 20.3 Å². The molecule has 1 aliphatic rings. The highest BCUT2D eigenvalue weighted by Crippen LogP contribution is 2.26. The lowest BCUT2D eigenvalue weighted by molar-refractivity contribution is -0.251. The van der Waals surface area contributed by atoms with E-state index < -0.39 is 6.30 Å². The van der Waals surface area contributed by atoms with Crippen LogP contribution in [0, 0.1) is 5.92 Å². The monoisotopic (exact) mass is 181 g/mol. The van der Waals surface area contributed by atoms with Crippen LogP contribution in [0.4, 0.5) is 13.2 Å². The molecular formula is C7H10F3NO. The Bertz CT molecular complexity index is 161. The molecule has 0 spiro atoms. The molecule has 70 valence electrons. The van der Waals surface area contributed by atoms with Crippen LogP contribution in [0.25, 0.3) is 0 Å². The number of carbonyl (C=O) groups excluding carboxylic acids is 1. The first-order chi connectivity index (χ1) is 5.54. The van der Waals surface area contributed by atoms with Gasteiger partial charge in [-0.3, -0.25) is 0 Å². The second-order valence-corrected chi connectivity index (χ2v) is 2.93. The van der Waals surface area contributed by atoms with E-state index in [-0.39, 0.29) is 19.0 Å². The summed E-state index contributed by atoms with van der Waals surface area (Å²) in [5.41, 5.74) is 0. The van der Waals surface area contributed by atoms with Gasteiger partial charge >= 0.3 is 6.30 Å². The Morgan fingerprint density at radius 3 is 2.08 bits per heavy atom. The Hall–Kier alpha value is -0.580. The van der Waals surface area contributed by atoms with Gasteiger partial charge in [0.05, 0.1) is 0 Å². The van der Waals surface area contributed by atoms with Crippen molar-refractivity contribution in [2.45, 2.75) is 19.1 Å². The summed E-state index contributed by atoms with van der Waals surface area (Å²) in [6, 6.07) is 0. The van der Waals surface area contributed by atoms with Gasteiger partial charge < -0.3 is 4.79 Å². The van der Waals surface area contributed by atoms with Gasteiger partial charge in [-0.05, 0) is 12.8 Å². The quantitative estimate of drug-likeness (QED) is 0.450. The van der Waals surface area contributed by atoms with Gasteiger partial charge in [0.1, 0.15) is 6.29 Å². The van der Waals surface area contributed by atoms with Gasteiger partial charge in [-0.25, -0.2) is 4.90 Å². The summed E-state index contributed by atoms with van der Waals surface area (Å²) < 4.78 is 36.0. The summed E-state index contributed by atoms with van der Waals surface area (Å²) in [6.07, 6.45) is -2.84. The molecule has 0 saturated carbocycles. The van der Waals surface area contributed by atoms with Gasteiger partial charge in [0.2, 0.25) is 0 Å². The van der Waals surface area contributed by atoms with E-state index in [1.165, 1.54) is 0 Å². The molecule has 0 bridgehead atoms. The minimum Gasteiger partial charge on any atom is -0.303 e. The molecule has 1 aliphatic heterocycles. The number of piperidine rings is 1. The van der Waals surface area contributed by atoms with E-state index in [1.807, 2.05) is 0 Å². The standard InChI is InChI=1S/C7H10F3NO/c8-7(9,10)11-3-1-6(5-12)2-4-11/h5-6H,1-4H2. The highest BCUT2D eigenvalue weighted by atomic mass is 19.4. The summed E-state index contributed by atoms with van der Waals surface area (Å²) in [6.45, 7) is -0.0974. The third kappa shape index (κ3) is 2.20. The molecule has 1 heterocycles. The minimum absolute atomic E-state index is 0.0487. The van der Waals surface area contributed by atoms with Crippen molar-refractivity contribution in [3.63, 3.8) is 0 Å². The molecule has 1 fully saturated rings. The van der Waals surface area contributed by atoms with Gasteiger partial charge in [0.15, 0.2) is 0 Å². The van der Waals surface area contributed by atoms with E-state index in [4.69, 9.17) is 0 Å². The number of rotatable bonds is 1. The zero-order valence-corrected chi connectivity index (χ0v) is 6.47. The Morgan fingerprint density at radius 2 is 1.75 bits per heavy atom. The Kier molecular flexibility index (Phi) is 2.72. The number of likely N-dealkylation sites (tertiary alicyclic amines) is 1. The van der Waals surface area contributed by atoms with Crippen molar-refractivity contribution in [3.8, 4) is 0 Å². The maximum Gasteiger partial charge on any atom is 0.459 e. The fraction of sp³-hybridized carbons (Fsp3) is 0.857. The average molecular weight is 181 g/mol. The van der Waals surface area contributed by atoms with Crippen molar-refractivity contribution in [1.29, 1.82) is 0 Å². The molecule has 0 aromatic carbocycles. The summed E-state index contributed by atoms with van der Waals surface area (Å²) >= 11 is 0. The number of carbonyl (C=O) groups is 1. The van der Waals surface area contributed by atoms with Gasteiger partial charge in [0, 0.05) is 19.0 Å². The molecule has 0 amide bonds. The van der Waals surface area contributed by atoms with Crippen molar-refractivity contribution in [2.75, 3.05) is 13.1 Å². The second kappa shape index (κ2) is 3.43. The third-order valence-corrected chi connectivity index (χ3v) is 2.09. The molecule has 0 unspecified atom stereocenters. The van der Waals surface area contributed by atoms with Crippen molar-refractivity contribution in [1.82, 2.24) is 4.90 Å². The molecule has 1 rings (SSSR count). The number of hydrogen-bond donors (Lipinski definition) is 0. The lowest BCUT2D eigenvalue weighted by Gasteiger charge is -2.30. The lowest BCUT2D eigenvalue weighted by atomic mass is 9.99. The normalized spacial score (nSPS) is 22.6. The highest BCUT2D eigenvalue weighted by Gasteiger charge is 2.38. The molecule has 0 atom stereocenters. The predicted molar refractivity (Wildman–Crippen MR) is 36.4 cm³/mol. The van der Waals surface area contributed by atoms with Crippen LogP contribution in [0.3, 0.4) is 0 Å². The van der Waals surface area contributed by atoms with Gasteiger partial charge in [-0.2, -0.15) is 13.2 Å². The molecule has 12 heavy (non-hydrogen) atoms. The van der Waals surface area contributed by atoms with Gasteiger partial charge in [-0.1, -0.05) is 0 Å². The number of aldehydes is 1. The van der Waals surface area contributed by atoms with Gasteiger partial charge in [0.25, 0.3) is 0 Å². The van der Waals surface area contributed by atoms with E-state index in [1.54, 1.807) is 0 Å². The first-order valence-electron chi connectivity index (χ1n) is 3.81. The van der Waals surface area contributed by atoms with E-state index >= 15 is 0 Å². The summed E-state index contributed by atoms with van der Waals surface area (Å²) in [5, 5.41) is 0. The van der Waals surface area contributed by atoms with Crippen LogP contribution < -0.4 is 0 Å². The molecule has 5 heteroatoms. The van der Waals surface area contributed by atoms with Crippen LogP contribution >= 0.6 is 0 Å². The van der Waals surface area contributed by atoms with Crippen LogP contribution in [-0.2, 0) is 4.79 Å². The number of alkyl halides is 3. The first-order valence-corrected chi connectivity index (χ1v) is 3.81. The van der Waals surface area contributed by atoms with Crippen LogP contribution in [0.1, 0.15) is 12.8 Å². The summed E-state index contributed by atoms with van der Waals surface area (Å²) in [5.74, 6) is -0.177. The SMILES string of the molecule is O=CC1CCN(C(F)(F)F)CC1. The Balaban J connectivity index is 2.41. The van der Waals surface area contributed by atoms with Crippen LogP contribution in [0.15, 0.2) is 0 Å².